The molecule has 0 aromatic heterocycles. The normalized spacial score (nSPS) is 21.6. The van der Waals surface area contributed by atoms with Crippen LogP contribution in [0.2, 0.25) is 0 Å². The Morgan fingerprint density at radius 3 is 1.70 bits per heavy atom. The van der Waals surface area contributed by atoms with Crippen molar-refractivity contribution in [3.63, 3.8) is 0 Å². The summed E-state index contributed by atoms with van der Waals surface area (Å²) in [7, 11) is 0. The van der Waals surface area contributed by atoms with Crippen molar-refractivity contribution < 1.29 is 0 Å². The van der Waals surface area contributed by atoms with Crippen LogP contribution in [0.25, 0.3) is 33.4 Å². The zero-order valence-electron chi connectivity index (χ0n) is 23.2. The molecule has 0 amide bonds. The standard InChI is InChI=1S/C38H34BrN/c1-37-24-6-7-25-38(37,2)40(34-21-16-30(17-22-34)29-14-19-33(39)20-15-29)36-23-18-32(26-35(36)37)31-12-10-28(11-13-31)27-8-4-3-5-9-27/h3-5,8-23,26H,6-7,24-25H2,1-2H3. The van der Waals surface area contributed by atoms with Crippen LogP contribution in [0.1, 0.15) is 45.1 Å². The molecule has 2 aliphatic rings. The molecule has 1 nitrogen and oxygen atoms in total. The van der Waals surface area contributed by atoms with Gasteiger partial charge in [0, 0.05) is 21.3 Å². The number of hydrogen-bond donors (Lipinski definition) is 0. The van der Waals surface area contributed by atoms with Gasteiger partial charge >= 0.3 is 0 Å². The average Bonchev–Trinajstić information content (AvgIpc) is 3.21. The molecule has 2 heteroatoms. The number of rotatable bonds is 4. The molecule has 1 heterocycles. The Kier molecular flexibility index (Phi) is 6.20. The Morgan fingerprint density at radius 1 is 0.550 bits per heavy atom. The van der Waals surface area contributed by atoms with Crippen molar-refractivity contribution in [1.29, 1.82) is 0 Å². The minimum atomic E-state index is 0.0441. The molecule has 0 N–H and O–H groups in total. The molecule has 1 fully saturated rings. The molecular formula is C38H34BrN. The minimum absolute atomic E-state index is 0.0441. The molecule has 2 atom stereocenters. The van der Waals surface area contributed by atoms with Crippen LogP contribution in [0.15, 0.2) is 126 Å². The first-order valence-corrected chi connectivity index (χ1v) is 15.2. The predicted molar refractivity (Wildman–Crippen MR) is 173 cm³/mol. The van der Waals surface area contributed by atoms with Gasteiger partial charge in [0.15, 0.2) is 0 Å². The summed E-state index contributed by atoms with van der Waals surface area (Å²) in [5, 5.41) is 0. The fourth-order valence-electron chi connectivity index (χ4n) is 7.25. The SMILES string of the molecule is CC12CCCCC1(C)N(c1ccc(-c3ccc(Br)cc3)cc1)c1ccc(-c3ccc(-c4ccccc4)cc3)cc12. The summed E-state index contributed by atoms with van der Waals surface area (Å²) in [6.45, 7) is 5.02. The van der Waals surface area contributed by atoms with Crippen molar-refractivity contribution in [1.82, 2.24) is 0 Å². The molecule has 5 aromatic rings. The van der Waals surface area contributed by atoms with Crippen LogP contribution >= 0.6 is 15.9 Å². The van der Waals surface area contributed by atoms with E-state index in [1.165, 1.54) is 76.0 Å². The third-order valence-corrected chi connectivity index (χ3v) is 10.3. The molecular weight excluding hydrogens is 550 g/mol. The smallest absolute Gasteiger partial charge is 0.0517 e. The Morgan fingerprint density at radius 2 is 1.05 bits per heavy atom. The van der Waals surface area contributed by atoms with Crippen LogP contribution in [0.5, 0.6) is 0 Å². The van der Waals surface area contributed by atoms with E-state index in [1.54, 1.807) is 0 Å². The molecule has 0 radical (unpaired) electrons. The quantitative estimate of drug-likeness (QED) is 0.203. The number of benzene rings is 5. The second kappa shape index (κ2) is 9.78. The van der Waals surface area contributed by atoms with Crippen molar-refractivity contribution in [2.45, 2.75) is 50.5 Å². The number of anilines is 2. The lowest BCUT2D eigenvalue weighted by atomic mass is 9.61. The summed E-state index contributed by atoms with van der Waals surface area (Å²) in [6.07, 6.45) is 4.99. The summed E-state index contributed by atoms with van der Waals surface area (Å²) < 4.78 is 1.11. The summed E-state index contributed by atoms with van der Waals surface area (Å²) in [6, 6.07) is 44.7. The van der Waals surface area contributed by atoms with E-state index in [9.17, 15) is 0 Å². The maximum atomic E-state index is 3.56. The topological polar surface area (TPSA) is 3.24 Å². The van der Waals surface area contributed by atoms with Crippen LogP contribution in [0.3, 0.4) is 0 Å². The monoisotopic (exact) mass is 583 g/mol. The van der Waals surface area contributed by atoms with E-state index >= 15 is 0 Å². The van der Waals surface area contributed by atoms with Crippen molar-refractivity contribution in [3.05, 3.63) is 131 Å². The first kappa shape index (κ1) is 25.4. The van der Waals surface area contributed by atoms with Crippen LogP contribution in [-0.4, -0.2) is 5.54 Å². The maximum Gasteiger partial charge on any atom is 0.0517 e. The molecule has 0 spiro atoms. The molecule has 5 aromatic carbocycles. The Labute approximate surface area is 246 Å². The van der Waals surface area contributed by atoms with Gasteiger partial charge in [-0.3, -0.25) is 0 Å². The van der Waals surface area contributed by atoms with E-state index in [4.69, 9.17) is 0 Å². The van der Waals surface area contributed by atoms with E-state index in [0.717, 1.165) is 4.47 Å². The molecule has 7 rings (SSSR count). The van der Waals surface area contributed by atoms with Crippen LogP contribution < -0.4 is 4.90 Å². The van der Waals surface area contributed by atoms with E-state index in [1.807, 2.05) is 0 Å². The van der Waals surface area contributed by atoms with E-state index in [0.29, 0.717) is 0 Å². The lowest BCUT2D eigenvalue weighted by Crippen LogP contribution is -2.54. The van der Waals surface area contributed by atoms with Gasteiger partial charge < -0.3 is 4.90 Å². The van der Waals surface area contributed by atoms with E-state index in [-0.39, 0.29) is 11.0 Å². The fourth-order valence-corrected chi connectivity index (χ4v) is 7.51. The molecule has 1 aliphatic carbocycles. The Balaban J connectivity index is 1.27. The summed E-state index contributed by atoms with van der Waals surface area (Å²) >= 11 is 3.56. The van der Waals surface area contributed by atoms with E-state index in [2.05, 4.69) is 156 Å². The van der Waals surface area contributed by atoms with Gasteiger partial charge in [-0.05, 0) is 95.1 Å². The molecule has 198 valence electrons. The lowest BCUT2D eigenvalue weighted by Gasteiger charge is -2.50. The predicted octanol–water partition coefficient (Wildman–Crippen LogP) is 11.2. The lowest BCUT2D eigenvalue weighted by molar-refractivity contribution is 0.195. The van der Waals surface area contributed by atoms with Crippen LogP contribution in [-0.2, 0) is 5.41 Å². The van der Waals surface area contributed by atoms with Crippen molar-refractivity contribution >= 4 is 27.3 Å². The second-order valence-electron chi connectivity index (χ2n) is 11.9. The van der Waals surface area contributed by atoms with E-state index < -0.39 is 0 Å². The molecule has 40 heavy (non-hydrogen) atoms. The molecule has 0 saturated heterocycles. The first-order chi connectivity index (χ1) is 19.5. The van der Waals surface area contributed by atoms with Gasteiger partial charge in [-0.2, -0.15) is 0 Å². The highest BCUT2D eigenvalue weighted by molar-refractivity contribution is 9.10. The number of nitrogens with zero attached hydrogens (tertiary/aromatic N) is 1. The molecule has 2 unspecified atom stereocenters. The summed E-state index contributed by atoms with van der Waals surface area (Å²) in [5.41, 5.74) is 11.9. The van der Waals surface area contributed by atoms with Gasteiger partial charge in [-0.15, -0.1) is 0 Å². The summed E-state index contributed by atoms with van der Waals surface area (Å²) in [5.74, 6) is 0. The summed E-state index contributed by atoms with van der Waals surface area (Å²) in [4.78, 5) is 2.66. The zero-order valence-corrected chi connectivity index (χ0v) is 24.8. The third kappa shape index (κ3) is 4.04. The molecule has 1 aliphatic heterocycles. The minimum Gasteiger partial charge on any atom is -0.334 e. The average molecular weight is 585 g/mol. The second-order valence-corrected chi connectivity index (χ2v) is 12.8. The molecule has 0 bridgehead atoms. The van der Waals surface area contributed by atoms with Crippen molar-refractivity contribution in [2.75, 3.05) is 4.90 Å². The zero-order chi connectivity index (χ0) is 27.3. The maximum absolute atomic E-state index is 3.56. The first-order valence-electron chi connectivity index (χ1n) is 14.4. The van der Waals surface area contributed by atoms with Gasteiger partial charge in [0.25, 0.3) is 0 Å². The highest BCUT2D eigenvalue weighted by Crippen LogP contribution is 2.61. The Bertz CT molecular complexity index is 1650. The highest BCUT2D eigenvalue weighted by Gasteiger charge is 2.57. The Hall–Kier alpha value is -3.62. The largest absolute Gasteiger partial charge is 0.334 e. The van der Waals surface area contributed by atoms with Gasteiger partial charge in [-0.25, -0.2) is 0 Å². The highest BCUT2D eigenvalue weighted by atomic mass is 79.9. The van der Waals surface area contributed by atoms with Crippen LogP contribution in [0.4, 0.5) is 11.4 Å². The van der Waals surface area contributed by atoms with Gasteiger partial charge in [0.1, 0.15) is 0 Å². The van der Waals surface area contributed by atoms with Gasteiger partial charge in [-0.1, -0.05) is 121 Å². The third-order valence-electron chi connectivity index (χ3n) is 9.73. The molecule has 1 saturated carbocycles. The van der Waals surface area contributed by atoms with Gasteiger partial charge in [0.05, 0.1) is 5.54 Å². The fraction of sp³-hybridized carbons (Fsp3) is 0.211. The van der Waals surface area contributed by atoms with Gasteiger partial charge in [0.2, 0.25) is 0 Å². The van der Waals surface area contributed by atoms with Crippen LogP contribution in [0, 0.1) is 0 Å². The van der Waals surface area contributed by atoms with Crippen molar-refractivity contribution in [3.8, 4) is 33.4 Å². The van der Waals surface area contributed by atoms with Crippen molar-refractivity contribution in [2.24, 2.45) is 0 Å². The number of halogens is 1. The number of hydrogen-bond acceptors (Lipinski definition) is 1. The number of fused-ring (bicyclic) bond motifs is 3.